The van der Waals surface area contributed by atoms with Gasteiger partial charge in [-0.05, 0) is 75.5 Å². The second kappa shape index (κ2) is 12.2. The minimum Gasteiger partial charge on any atom is -0.494 e. The average Bonchev–Trinajstić information content (AvgIpc) is 3.48. The Labute approximate surface area is 270 Å². The van der Waals surface area contributed by atoms with Crippen molar-refractivity contribution in [3.63, 3.8) is 0 Å². The van der Waals surface area contributed by atoms with Crippen LogP contribution in [-0.2, 0) is 4.79 Å². The fourth-order valence-corrected chi connectivity index (χ4v) is 6.23. The maximum absolute atomic E-state index is 13.9. The topological polar surface area (TPSA) is 122 Å². The van der Waals surface area contributed by atoms with Crippen LogP contribution >= 0.6 is 0 Å². The maximum Gasteiger partial charge on any atom is 0.270 e. The van der Waals surface area contributed by atoms with Crippen LogP contribution in [0.2, 0.25) is 0 Å². The van der Waals surface area contributed by atoms with Gasteiger partial charge in [0.15, 0.2) is 5.65 Å². The second-order valence-corrected chi connectivity index (χ2v) is 11.7. The third-order valence-electron chi connectivity index (χ3n) is 8.71. The lowest BCUT2D eigenvalue weighted by Gasteiger charge is -2.36. The minimum atomic E-state index is -0.338. The Morgan fingerprint density at radius 1 is 1.02 bits per heavy atom. The van der Waals surface area contributed by atoms with Gasteiger partial charge >= 0.3 is 0 Å². The number of methoxy groups -OCH3 is 1. The largest absolute Gasteiger partial charge is 0.494 e. The van der Waals surface area contributed by atoms with E-state index in [1.807, 2.05) is 48.5 Å². The molecule has 1 aliphatic heterocycles. The van der Waals surface area contributed by atoms with Gasteiger partial charge in [0.25, 0.3) is 5.56 Å². The highest BCUT2D eigenvalue weighted by atomic mass is 16.5. The zero-order valence-electron chi connectivity index (χ0n) is 26.5. The average molecular weight is 630 g/mol. The molecule has 0 saturated carbocycles. The van der Waals surface area contributed by atoms with Gasteiger partial charge in [0, 0.05) is 42.8 Å². The molecule has 0 aliphatic carbocycles. The molecule has 3 aromatic heterocycles. The molecule has 1 amide bonds. The summed E-state index contributed by atoms with van der Waals surface area (Å²) in [6.07, 6.45) is 4.94. The Morgan fingerprint density at radius 3 is 2.60 bits per heavy atom. The number of rotatable bonds is 8. The van der Waals surface area contributed by atoms with E-state index in [0.29, 0.717) is 56.7 Å². The molecule has 0 atom stereocenters. The van der Waals surface area contributed by atoms with E-state index in [1.165, 1.54) is 12.3 Å². The molecule has 0 spiro atoms. The number of amides is 1. The fourth-order valence-electron chi connectivity index (χ4n) is 6.23. The number of nitrogens with one attached hydrogen (secondary N) is 2. The zero-order chi connectivity index (χ0) is 32.7. The molecule has 6 aromatic rings. The van der Waals surface area contributed by atoms with Crippen LogP contribution in [0, 0.1) is 0 Å². The lowest BCUT2D eigenvalue weighted by molar-refractivity contribution is -0.111. The summed E-state index contributed by atoms with van der Waals surface area (Å²) in [4.78, 5) is 44.9. The van der Waals surface area contributed by atoms with Gasteiger partial charge in [0.05, 0.1) is 29.5 Å². The molecule has 1 aliphatic rings. The molecule has 0 unspecified atom stereocenters. The van der Waals surface area contributed by atoms with Gasteiger partial charge in [-0.3, -0.25) is 14.2 Å². The predicted molar refractivity (Wildman–Crippen MR) is 185 cm³/mol. The highest BCUT2D eigenvalue weighted by molar-refractivity contribution is 5.99. The Hall–Kier alpha value is -5.75. The summed E-state index contributed by atoms with van der Waals surface area (Å²) in [6.45, 7) is 5.49. The number of carbonyl (C=O) groups is 1. The first-order valence-electron chi connectivity index (χ1n) is 15.4. The van der Waals surface area contributed by atoms with Crippen LogP contribution in [0.4, 0.5) is 23.0 Å². The number of anilines is 4. The van der Waals surface area contributed by atoms with E-state index >= 15 is 0 Å². The van der Waals surface area contributed by atoms with Gasteiger partial charge in [0.1, 0.15) is 11.1 Å². The normalized spacial score (nSPS) is 13.8. The Morgan fingerprint density at radius 2 is 1.83 bits per heavy atom. The van der Waals surface area contributed by atoms with Gasteiger partial charge in [-0.25, -0.2) is 14.4 Å². The number of hydrogen-bond acceptors (Lipinski definition) is 9. The third kappa shape index (κ3) is 5.52. The summed E-state index contributed by atoms with van der Waals surface area (Å²) in [5.74, 6) is 0.968. The fraction of sp³-hybridized carbons (Fsp3) is 0.229. The summed E-state index contributed by atoms with van der Waals surface area (Å²) in [5.41, 5.74) is 4.36. The van der Waals surface area contributed by atoms with Crippen LogP contribution in [0.15, 0.2) is 90.4 Å². The summed E-state index contributed by atoms with van der Waals surface area (Å²) in [5, 5.41) is 6.41. The number of imidazole rings is 1. The number of carbonyl (C=O) groups excluding carboxylic acids is 1. The highest BCUT2D eigenvalue weighted by Crippen LogP contribution is 2.33. The van der Waals surface area contributed by atoms with Crippen molar-refractivity contribution in [2.24, 2.45) is 0 Å². The van der Waals surface area contributed by atoms with Crippen molar-refractivity contribution in [3.8, 4) is 11.4 Å². The number of fused-ring (bicyclic) bond motifs is 4. The zero-order valence-corrected chi connectivity index (χ0v) is 26.5. The first kappa shape index (κ1) is 29.9. The molecular formula is C35H35N9O3. The van der Waals surface area contributed by atoms with E-state index in [1.54, 1.807) is 28.2 Å². The number of benzene rings is 3. The molecular weight excluding hydrogens is 594 g/mol. The molecule has 12 nitrogen and oxygen atoms in total. The number of aromatic nitrogens is 5. The lowest BCUT2D eigenvalue weighted by Crippen LogP contribution is -2.41. The van der Waals surface area contributed by atoms with Crippen molar-refractivity contribution >= 4 is 56.8 Å². The molecule has 2 N–H and O–H groups in total. The SMILES string of the molecule is C=CC(=O)Nc1cccc(-n2c3nc(Nc4ccc(N5CCC(N(C)C)CC5)cc4OC)ncc3c(=O)n3c4ccccc4nc23)c1. The third-order valence-corrected chi connectivity index (χ3v) is 8.71. The number of piperidine rings is 1. The quantitative estimate of drug-likeness (QED) is 0.224. The summed E-state index contributed by atoms with van der Waals surface area (Å²) in [6, 6.07) is 21.3. The Kier molecular flexibility index (Phi) is 7.78. The number of hydrogen-bond donors (Lipinski definition) is 2. The van der Waals surface area contributed by atoms with Crippen molar-refractivity contribution in [2.45, 2.75) is 18.9 Å². The van der Waals surface area contributed by atoms with E-state index in [2.05, 4.69) is 52.2 Å². The summed E-state index contributed by atoms with van der Waals surface area (Å²) in [7, 11) is 5.91. The number of ether oxygens (including phenoxy) is 1. The molecule has 12 heteroatoms. The first-order valence-corrected chi connectivity index (χ1v) is 15.4. The molecule has 238 valence electrons. The maximum atomic E-state index is 13.9. The van der Waals surface area contributed by atoms with Crippen molar-refractivity contribution in [3.05, 3.63) is 95.9 Å². The molecule has 4 heterocycles. The van der Waals surface area contributed by atoms with Gasteiger partial charge < -0.3 is 25.2 Å². The van der Waals surface area contributed by atoms with Crippen LogP contribution in [-0.4, -0.2) is 75.1 Å². The molecule has 3 aromatic carbocycles. The molecule has 0 radical (unpaired) electrons. The van der Waals surface area contributed by atoms with Crippen LogP contribution < -0.4 is 25.8 Å². The molecule has 1 saturated heterocycles. The van der Waals surface area contributed by atoms with Crippen LogP contribution in [0.1, 0.15) is 12.8 Å². The van der Waals surface area contributed by atoms with E-state index in [0.717, 1.165) is 31.6 Å². The van der Waals surface area contributed by atoms with Gasteiger partial charge in [0.2, 0.25) is 17.6 Å². The number of para-hydroxylation sites is 2. The van der Waals surface area contributed by atoms with Gasteiger partial charge in [-0.15, -0.1) is 0 Å². The smallest absolute Gasteiger partial charge is 0.270 e. The van der Waals surface area contributed by atoms with Crippen molar-refractivity contribution in [1.29, 1.82) is 0 Å². The molecule has 0 bridgehead atoms. The van der Waals surface area contributed by atoms with E-state index in [9.17, 15) is 9.59 Å². The summed E-state index contributed by atoms with van der Waals surface area (Å²) >= 11 is 0. The van der Waals surface area contributed by atoms with Crippen molar-refractivity contribution in [1.82, 2.24) is 28.8 Å². The minimum absolute atomic E-state index is 0.278. The van der Waals surface area contributed by atoms with Crippen LogP contribution in [0.5, 0.6) is 5.75 Å². The van der Waals surface area contributed by atoms with Gasteiger partial charge in [-0.2, -0.15) is 4.98 Å². The Bertz CT molecular complexity index is 2210. The van der Waals surface area contributed by atoms with E-state index in [-0.39, 0.29) is 17.4 Å². The van der Waals surface area contributed by atoms with Crippen molar-refractivity contribution < 1.29 is 9.53 Å². The first-order chi connectivity index (χ1) is 22.8. The molecule has 47 heavy (non-hydrogen) atoms. The predicted octanol–water partition coefficient (Wildman–Crippen LogP) is 4.99. The molecule has 1 fully saturated rings. The molecule has 7 rings (SSSR count). The van der Waals surface area contributed by atoms with E-state index in [4.69, 9.17) is 14.7 Å². The van der Waals surface area contributed by atoms with Crippen LogP contribution in [0.25, 0.3) is 33.5 Å². The van der Waals surface area contributed by atoms with Crippen LogP contribution in [0.3, 0.4) is 0 Å². The van der Waals surface area contributed by atoms with Gasteiger partial charge in [-0.1, -0.05) is 24.8 Å². The monoisotopic (exact) mass is 629 g/mol. The lowest BCUT2D eigenvalue weighted by atomic mass is 10.0. The van der Waals surface area contributed by atoms with Crippen molar-refractivity contribution in [2.75, 3.05) is 49.8 Å². The highest BCUT2D eigenvalue weighted by Gasteiger charge is 2.23. The number of nitrogens with zero attached hydrogens (tertiary/aromatic N) is 7. The van der Waals surface area contributed by atoms with E-state index < -0.39 is 0 Å². The Balaban J connectivity index is 1.32. The second-order valence-electron chi connectivity index (χ2n) is 11.7. The standard InChI is InChI=1S/C35H35N9O3/c1-5-31(45)37-22-9-8-10-25(19-22)43-32-26(33(46)44-29-12-7-6-11-27(29)39-35(43)44)21-36-34(40-32)38-28-14-13-24(20-30(28)47-4)42-17-15-23(16-18-42)41(2)3/h5-14,19-21,23H,1,15-18H2,2-4H3,(H,37,45)(H,36,38,40). The summed E-state index contributed by atoms with van der Waals surface area (Å²) < 4.78 is 9.15.